The number of hydrogen-bond acceptors (Lipinski definition) is 4. The largest absolute Gasteiger partial charge is 0.399 e. The molecule has 1 heterocycles. The lowest BCUT2D eigenvalue weighted by atomic mass is 10.0. The number of thiazole rings is 1. The number of carbonyl (C=O) groups is 1. The topological polar surface area (TPSA) is 68.0 Å². The summed E-state index contributed by atoms with van der Waals surface area (Å²) < 4.78 is 0. The van der Waals surface area contributed by atoms with Crippen molar-refractivity contribution in [1.29, 1.82) is 0 Å². The number of hydrogen-bond donors (Lipinski definition) is 2. The zero-order valence-electron chi connectivity index (χ0n) is 11.9. The average molecular weight is 301 g/mol. The van der Waals surface area contributed by atoms with Crippen molar-refractivity contribution in [3.63, 3.8) is 0 Å². The van der Waals surface area contributed by atoms with Crippen LogP contribution in [0.5, 0.6) is 0 Å². The fourth-order valence-electron chi connectivity index (χ4n) is 2.60. The Morgan fingerprint density at radius 1 is 1.29 bits per heavy atom. The molecule has 3 N–H and O–H groups in total. The molecule has 1 aromatic carbocycles. The normalized spacial score (nSPS) is 13.7. The Bertz CT molecular complexity index is 627. The van der Waals surface area contributed by atoms with E-state index < -0.39 is 0 Å². The number of benzene rings is 1. The molecule has 0 unspecified atom stereocenters. The van der Waals surface area contributed by atoms with Gasteiger partial charge in [0.25, 0.3) is 0 Å². The molecule has 1 aromatic heterocycles. The molecule has 1 amide bonds. The minimum atomic E-state index is 0.00403. The minimum Gasteiger partial charge on any atom is -0.399 e. The summed E-state index contributed by atoms with van der Waals surface area (Å²) >= 11 is 1.62. The van der Waals surface area contributed by atoms with Crippen LogP contribution in [-0.2, 0) is 24.1 Å². The van der Waals surface area contributed by atoms with Crippen molar-refractivity contribution in [2.45, 2.75) is 38.5 Å². The van der Waals surface area contributed by atoms with Crippen molar-refractivity contribution >= 4 is 28.1 Å². The van der Waals surface area contributed by atoms with Crippen LogP contribution in [-0.4, -0.2) is 10.9 Å². The number of aryl methyl sites for hydroxylation is 3. The summed E-state index contributed by atoms with van der Waals surface area (Å²) in [6, 6.07) is 7.67. The number of para-hydroxylation sites is 1. The lowest BCUT2D eigenvalue weighted by molar-refractivity contribution is -0.116. The maximum atomic E-state index is 12.0. The Balaban J connectivity index is 1.57. The third-order valence-corrected chi connectivity index (χ3v) is 4.84. The first kappa shape index (κ1) is 14.1. The summed E-state index contributed by atoms with van der Waals surface area (Å²) in [5, 5.41) is 3.66. The summed E-state index contributed by atoms with van der Waals surface area (Å²) in [5.41, 5.74) is 8.82. The van der Waals surface area contributed by atoms with Crippen molar-refractivity contribution < 1.29 is 4.79 Å². The highest BCUT2D eigenvalue weighted by atomic mass is 32.1. The molecule has 4 nitrogen and oxygen atoms in total. The molecular formula is C16H19N3OS. The van der Waals surface area contributed by atoms with Crippen LogP contribution in [0, 0.1) is 0 Å². The highest BCUT2D eigenvalue weighted by Gasteiger charge is 2.16. The number of nitrogen functional groups attached to an aromatic ring is 1. The number of anilines is 2. The Morgan fingerprint density at radius 3 is 2.90 bits per heavy atom. The van der Waals surface area contributed by atoms with Gasteiger partial charge in [0.1, 0.15) is 0 Å². The second kappa shape index (κ2) is 6.26. The van der Waals surface area contributed by atoms with Gasteiger partial charge < -0.3 is 11.1 Å². The van der Waals surface area contributed by atoms with E-state index in [-0.39, 0.29) is 5.91 Å². The van der Waals surface area contributed by atoms with E-state index >= 15 is 0 Å². The van der Waals surface area contributed by atoms with Gasteiger partial charge in [-0.2, -0.15) is 0 Å². The first-order chi connectivity index (χ1) is 10.2. The first-order valence-electron chi connectivity index (χ1n) is 7.34. The van der Waals surface area contributed by atoms with E-state index in [1.54, 1.807) is 11.3 Å². The minimum absolute atomic E-state index is 0.00403. The van der Waals surface area contributed by atoms with Crippen molar-refractivity contribution in [1.82, 2.24) is 4.98 Å². The molecule has 0 bridgehead atoms. The fraction of sp³-hybridized carbons (Fsp3) is 0.375. The Morgan fingerprint density at radius 2 is 2.10 bits per heavy atom. The van der Waals surface area contributed by atoms with Crippen molar-refractivity contribution in [2.24, 2.45) is 0 Å². The van der Waals surface area contributed by atoms with E-state index in [0.29, 0.717) is 12.8 Å². The molecule has 110 valence electrons. The second-order valence-electron chi connectivity index (χ2n) is 5.34. The van der Waals surface area contributed by atoms with Crippen LogP contribution in [0.1, 0.15) is 35.4 Å². The lowest BCUT2D eigenvalue weighted by Crippen LogP contribution is -2.12. The van der Waals surface area contributed by atoms with Crippen LogP contribution >= 0.6 is 11.3 Å². The van der Waals surface area contributed by atoms with Crippen LogP contribution in [0.15, 0.2) is 24.3 Å². The van der Waals surface area contributed by atoms with E-state index in [4.69, 9.17) is 5.73 Å². The Hall–Kier alpha value is -1.88. The van der Waals surface area contributed by atoms with E-state index in [1.807, 2.05) is 24.3 Å². The maximum absolute atomic E-state index is 12.0. The number of nitrogens with two attached hydrogens (primary N) is 1. The fourth-order valence-corrected chi connectivity index (χ4v) is 3.66. The standard InChI is InChI=1S/C16H19N3OS/c17-12-6-2-1-5-11(12)9-10-15(20)19-16-18-13-7-3-4-8-14(13)21-16/h1-2,5-6H,3-4,7-10,17H2,(H,18,19,20). The number of nitrogens with one attached hydrogen (secondary N) is 1. The SMILES string of the molecule is Nc1ccccc1CCC(=O)Nc1nc2c(s1)CCCC2. The van der Waals surface area contributed by atoms with Crippen LogP contribution in [0.2, 0.25) is 0 Å². The molecule has 3 rings (SSSR count). The number of nitrogens with zero attached hydrogens (tertiary/aromatic N) is 1. The maximum Gasteiger partial charge on any atom is 0.226 e. The smallest absolute Gasteiger partial charge is 0.226 e. The number of fused-ring (bicyclic) bond motifs is 1. The van der Waals surface area contributed by atoms with Gasteiger partial charge in [0.05, 0.1) is 5.69 Å². The molecule has 5 heteroatoms. The van der Waals surface area contributed by atoms with Gasteiger partial charge in [-0.15, -0.1) is 11.3 Å². The summed E-state index contributed by atoms with van der Waals surface area (Å²) in [6.45, 7) is 0. The molecule has 0 saturated heterocycles. The number of rotatable bonds is 4. The summed E-state index contributed by atoms with van der Waals surface area (Å²) in [6.07, 6.45) is 5.67. The molecule has 0 fully saturated rings. The average Bonchev–Trinajstić information content (AvgIpc) is 2.88. The van der Waals surface area contributed by atoms with Crippen LogP contribution in [0.3, 0.4) is 0 Å². The third kappa shape index (κ3) is 3.42. The van der Waals surface area contributed by atoms with Crippen molar-refractivity contribution in [3.05, 3.63) is 40.4 Å². The quantitative estimate of drug-likeness (QED) is 0.852. The van der Waals surface area contributed by atoms with Gasteiger partial charge in [-0.05, 0) is 43.7 Å². The second-order valence-corrected chi connectivity index (χ2v) is 6.43. The van der Waals surface area contributed by atoms with Crippen LogP contribution in [0.25, 0.3) is 0 Å². The molecular weight excluding hydrogens is 282 g/mol. The zero-order valence-corrected chi connectivity index (χ0v) is 12.7. The van der Waals surface area contributed by atoms with Gasteiger partial charge in [0, 0.05) is 17.0 Å². The molecule has 0 atom stereocenters. The number of carbonyl (C=O) groups excluding carboxylic acids is 1. The lowest BCUT2D eigenvalue weighted by Gasteiger charge is -2.06. The summed E-state index contributed by atoms with van der Waals surface area (Å²) in [5.74, 6) is 0.00403. The Labute approximate surface area is 128 Å². The predicted octanol–water partition coefficient (Wildman–Crippen LogP) is 3.18. The number of amides is 1. The van der Waals surface area contributed by atoms with Gasteiger partial charge in [-0.25, -0.2) is 4.98 Å². The molecule has 1 aliphatic rings. The first-order valence-corrected chi connectivity index (χ1v) is 8.16. The van der Waals surface area contributed by atoms with Crippen LogP contribution < -0.4 is 11.1 Å². The molecule has 0 spiro atoms. The van der Waals surface area contributed by atoms with Gasteiger partial charge in [0.2, 0.25) is 5.91 Å². The zero-order chi connectivity index (χ0) is 14.7. The molecule has 2 aromatic rings. The van der Waals surface area contributed by atoms with Crippen LogP contribution in [0.4, 0.5) is 10.8 Å². The van der Waals surface area contributed by atoms with Gasteiger partial charge in [0.15, 0.2) is 5.13 Å². The summed E-state index contributed by atoms with van der Waals surface area (Å²) in [7, 11) is 0. The number of aromatic nitrogens is 1. The van der Waals surface area contributed by atoms with Crippen molar-refractivity contribution in [3.8, 4) is 0 Å². The predicted molar refractivity (Wildman–Crippen MR) is 86.6 cm³/mol. The Kier molecular flexibility index (Phi) is 4.20. The summed E-state index contributed by atoms with van der Waals surface area (Å²) in [4.78, 5) is 17.9. The van der Waals surface area contributed by atoms with E-state index in [9.17, 15) is 4.79 Å². The van der Waals surface area contributed by atoms with E-state index in [0.717, 1.165) is 29.2 Å². The van der Waals surface area contributed by atoms with Gasteiger partial charge in [-0.1, -0.05) is 18.2 Å². The molecule has 0 saturated carbocycles. The monoisotopic (exact) mass is 301 g/mol. The third-order valence-electron chi connectivity index (χ3n) is 3.77. The van der Waals surface area contributed by atoms with Crippen molar-refractivity contribution in [2.75, 3.05) is 11.1 Å². The highest BCUT2D eigenvalue weighted by molar-refractivity contribution is 7.15. The van der Waals surface area contributed by atoms with Gasteiger partial charge >= 0.3 is 0 Å². The highest BCUT2D eigenvalue weighted by Crippen LogP contribution is 2.29. The van der Waals surface area contributed by atoms with Gasteiger partial charge in [-0.3, -0.25) is 4.79 Å². The molecule has 0 radical (unpaired) electrons. The van der Waals surface area contributed by atoms with E-state index in [1.165, 1.54) is 23.4 Å². The van der Waals surface area contributed by atoms with E-state index in [2.05, 4.69) is 10.3 Å². The molecule has 0 aliphatic heterocycles. The molecule has 21 heavy (non-hydrogen) atoms. The molecule has 1 aliphatic carbocycles.